The van der Waals surface area contributed by atoms with Crippen molar-refractivity contribution in [3.63, 3.8) is 0 Å². The van der Waals surface area contributed by atoms with E-state index in [-0.39, 0.29) is 25.2 Å². The van der Waals surface area contributed by atoms with Gasteiger partial charge in [-0.1, -0.05) is 167 Å². The van der Waals surface area contributed by atoms with Crippen LogP contribution in [-0.4, -0.2) is 61.0 Å². The number of carbonyl (C=O) groups excluding carboxylic acids is 2. The van der Waals surface area contributed by atoms with Gasteiger partial charge in [-0.3, -0.25) is 9.59 Å². The van der Waals surface area contributed by atoms with Crippen LogP contribution in [0.4, 0.5) is 0 Å². The van der Waals surface area contributed by atoms with Crippen LogP contribution in [0.1, 0.15) is 193 Å². The number of nitrogens with zero attached hydrogens (tertiary/aromatic N) is 2. The lowest BCUT2D eigenvalue weighted by Crippen LogP contribution is -2.28. The lowest BCUT2D eigenvalue weighted by atomic mass is 10.0. The zero-order chi connectivity index (χ0) is 40.3. The molecule has 0 fully saturated rings. The number of carbonyl (C=O) groups is 2. The predicted octanol–water partition coefficient (Wildman–Crippen LogP) is 13.5. The van der Waals surface area contributed by atoms with E-state index in [9.17, 15) is 9.59 Å². The normalized spacial score (nSPS) is 11.5. The van der Waals surface area contributed by atoms with Crippen LogP contribution in [-0.2, 0) is 32.3 Å². The van der Waals surface area contributed by atoms with Gasteiger partial charge >= 0.3 is 11.9 Å². The monoisotopic (exact) mass is 777 g/mol. The molecule has 6 heteroatoms. The molecule has 0 radical (unpaired) electrons. The minimum absolute atomic E-state index is 0.123. The van der Waals surface area contributed by atoms with Crippen molar-refractivity contribution in [2.45, 2.75) is 195 Å². The van der Waals surface area contributed by atoms with E-state index < -0.39 is 0 Å². The zero-order valence-electron chi connectivity index (χ0n) is 36.8. The standard InChI is InChI=1S/C50H84N2O4/c1-5-9-13-17-21-35-51(36-22-18-14-10-6-2)39-27-33-49(53)55-43-45-29-25-31-47(41-45)48-32-26-30-46(42-48)44-56-50(54)34-28-40-52(37-23-19-15-11-7-3)38-24-20-16-12-8-4/h25-26,29-32,41-42H,5-24,27-28,33-40,43-44H2,1-4H3. The van der Waals surface area contributed by atoms with Crippen molar-refractivity contribution in [3.05, 3.63) is 59.7 Å². The number of hydrogen-bond acceptors (Lipinski definition) is 6. The van der Waals surface area contributed by atoms with Crippen LogP contribution in [0, 0.1) is 0 Å². The molecule has 0 saturated carbocycles. The number of rotatable bonds is 37. The molecule has 6 nitrogen and oxygen atoms in total. The molecular weight excluding hydrogens is 693 g/mol. The molecule has 2 rings (SSSR count). The van der Waals surface area contributed by atoms with Crippen molar-refractivity contribution < 1.29 is 19.1 Å². The van der Waals surface area contributed by atoms with Crippen LogP contribution < -0.4 is 0 Å². The van der Waals surface area contributed by atoms with Crippen molar-refractivity contribution >= 4 is 11.9 Å². The quantitative estimate of drug-likeness (QED) is 0.0503. The van der Waals surface area contributed by atoms with Gasteiger partial charge in [0, 0.05) is 12.8 Å². The molecule has 56 heavy (non-hydrogen) atoms. The molecule has 0 saturated heterocycles. The van der Waals surface area contributed by atoms with Crippen LogP contribution in [0.2, 0.25) is 0 Å². The molecule has 2 aromatic rings. The second-order valence-electron chi connectivity index (χ2n) is 16.3. The van der Waals surface area contributed by atoms with E-state index in [0.29, 0.717) is 12.8 Å². The smallest absolute Gasteiger partial charge is 0.306 e. The van der Waals surface area contributed by atoms with Gasteiger partial charge in [-0.2, -0.15) is 0 Å². The summed E-state index contributed by atoms with van der Waals surface area (Å²) in [5, 5.41) is 0. The molecule has 0 bridgehead atoms. The third kappa shape index (κ3) is 25.5. The summed E-state index contributed by atoms with van der Waals surface area (Å²) >= 11 is 0. The summed E-state index contributed by atoms with van der Waals surface area (Å²) in [6.07, 6.45) is 28.5. The molecular formula is C50H84N2O4. The van der Waals surface area contributed by atoms with Crippen molar-refractivity contribution in [1.29, 1.82) is 0 Å². The summed E-state index contributed by atoms with van der Waals surface area (Å²) in [6.45, 7) is 16.1. The lowest BCUT2D eigenvalue weighted by molar-refractivity contribution is -0.146. The van der Waals surface area contributed by atoms with E-state index in [4.69, 9.17) is 9.47 Å². The maximum Gasteiger partial charge on any atom is 0.306 e. The van der Waals surface area contributed by atoms with Crippen molar-refractivity contribution in [1.82, 2.24) is 9.80 Å². The molecule has 0 heterocycles. The molecule has 0 amide bonds. The van der Waals surface area contributed by atoms with E-state index in [1.807, 2.05) is 24.3 Å². The predicted molar refractivity (Wildman–Crippen MR) is 238 cm³/mol. The second-order valence-corrected chi connectivity index (χ2v) is 16.3. The van der Waals surface area contributed by atoms with Crippen molar-refractivity contribution in [2.24, 2.45) is 0 Å². The fourth-order valence-electron chi connectivity index (χ4n) is 7.47. The Kier molecular flexibility index (Phi) is 30.3. The molecule has 0 aliphatic rings. The summed E-state index contributed by atoms with van der Waals surface area (Å²) in [5.41, 5.74) is 4.07. The van der Waals surface area contributed by atoms with Crippen LogP contribution in [0.5, 0.6) is 0 Å². The minimum atomic E-state index is -0.123. The minimum Gasteiger partial charge on any atom is -0.461 e. The molecule has 0 unspecified atom stereocenters. The zero-order valence-corrected chi connectivity index (χ0v) is 36.8. The topological polar surface area (TPSA) is 59.1 Å². The Hall–Kier alpha value is -2.70. The largest absolute Gasteiger partial charge is 0.461 e. The molecule has 318 valence electrons. The Balaban J connectivity index is 1.78. The van der Waals surface area contributed by atoms with Crippen LogP contribution in [0.15, 0.2) is 48.5 Å². The highest BCUT2D eigenvalue weighted by atomic mass is 16.5. The van der Waals surface area contributed by atoms with E-state index in [0.717, 1.165) is 74.4 Å². The summed E-state index contributed by atoms with van der Waals surface area (Å²) in [4.78, 5) is 30.7. The molecule has 0 spiro atoms. The van der Waals surface area contributed by atoms with Gasteiger partial charge < -0.3 is 19.3 Å². The first-order chi connectivity index (χ1) is 27.5. The van der Waals surface area contributed by atoms with Crippen LogP contribution in [0.3, 0.4) is 0 Å². The molecule has 0 aliphatic heterocycles. The molecule has 0 N–H and O–H groups in total. The number of esters is 2. The molecule has 0 aromatic heterocycles. The Morgan fingerprint density at radius 2 is 0.714 bits per heavy atom. The van der Waals surface area contributed by atoms with E-state index >= 15 is 0 Å². The maximum atomic E-state index is 12.8. The summed E-state index contributed by atoms with van der Waals surface area (Å²) in [6, 6.07) is 16.4. The van der Waals surface area contributed by atoms with Crippen molar-refractivity contribution in [2.75, 3.05) is 39.3 Å². The van der Waals surface area contributed by atoms with E-state index in [1.165, 1.54) is 128 Å². The van der Waals surface area contributed by atoms with Gasteiger partial charge in [0.15, 0.2) is 0 Å². The molecule has 0 atom stereocenters. The first kappa shape index (κ1) is 49.4. The fourth-order valence-corrected chi connectivity index (χ4v) is 7.47. The Bertz CT molecular complexity index is 1130. The second kappa shape index (κ2) is 34.4. The Morgan fingerprint density at radius 1 is 0.411 bits per heavy atom. The number of unbranched alkanes of at least 4 members (excludes halogenated alkanes) is 16. The number of ether oxygens (including phenoxy) is 2. The highest BCUT2D eigenvalue weighted by Crippen LogP contribution is 2.23. The highest BCUT2D eigenvalue weighted by Gasteiger charge is 2.11. The average molecular weight is 777 g/mol. The summed E-state index contributed by atoms with van der Waals surface area (Å²) < 4.78 is 11.5. The molecule has 2 aromatic carbocycles. The molecule has 0 aliphatic carbocycles. The van der Waals surface area contributed by atoms with E-state index in [1.54, 1.807) is 0 Å². The third-order valence-corrected chi connectivity index (χ3v) is 11.0. The van der Waals surface area contributed by atoms with Gasteiger partial charge in [0.25, 0.3) is 0 Å². The lowest BCUT2D eigenvalue weighted by Gasteiger charge is -2.22. The number of benzene rings is 2. The maximum absolute atomic E-state index is 12.8. The van der Waals surface area contributed by atoms with Crippen molar-refractivity contribution in [3.8, 4) is 11.1 Å². The SMILES string of the molecule is CCCCCCCN(CCCCCCC)CCCC(=O)OCc1cccc(-c2cccc(COC(=O)CCCN(CCCCCCC)CCCCCCC)c2)c1. The third-order valence-electron chi connectivity index (χ3n) is 11.0. The number of hydrogen-bond donors (Lipinski definition) is 0. The average Bonchev–Trinajstić information content (AvgIpc) is 3.21. The van der Waals surface area contributed by atoms with Crippen LogP contribution >= 0.6 is 0 Å². The van der Waals surface area contributed by atoms with Gasteiger partial charge in [0.2, 0.25) is 0 Å². The first-order valence-electron chi connectivity index (χ1n) is 23.4. The van der Waals surface area contributed by atoms with Gasteiger partial charge in [-0.15, -0.1) is 0 Å². The van der Waals surface area contributed by atoms with Crippen LogP contribution in [0.25, 0.3) is 11.1 Å². The van der Waals surface area contributed by atoms with Gasteiger partial charge in [0.05, 0.1) is 0 Å². The van der Waals surface area contributed by atoms with Gasteiger partial charge in [0.1, 0.15) is 13.2 Å². The van der Waals surface area contributed by atoms with Gasteiger partial charge in [-0.25, -0.2) is 0 Å². The highest BCUT2D eigenvalue weighted by molar-refractivity contribution is 5.70. The van der Waals surface area contributed by atoms with E-state index in [2.05, 4.69) is 61.8 Å². The van der Waals surface area contributed by atoms with Gasteiger partial charge in [-0.05, 0) is 112 Å². The first-order valence-corrected chi connectivity index (χ1v) is 23.4. The fraction of sp³-hybridized carbons (Fsp3) is 0.720. The summed E-state index contributed by atoms with van der Waals surface area (Å²) in [5.74, 6) is -0.245. The Labute approximate surface area is 344 Å². The summed E-state index contributed by atoms with van der Waals surface area (Å²) in [7, 11) is 0. The Morgan fingerprint density at radius 3 is 1.04 bits per heavy atom.